The van der Waals surface area contributed by atoms with E-state index in [1.807, 2.05) is 13.8 Å². The lowest BCUT2D eigenvalue weighted by Crippen LogP contribution is -2.20. The van der Waals surface area contributed by atoms with Crippen molar-refractivity contribution < 1.29 is 8.42 Å². The molecule has 0 aliphatic heterocycles. The number of nitrogen functional groups attached to an aromatic ring is 1. The number of nitrogens with one attached hydrogen (secondary N) is 2. The van der Waals surface area contributed by atoms with Gasteiger partial charge in [-0.3, -0.25) is 0 Å². The van der Waals surface area contributed by atoms with Crippen LogP contribution in [0.4, 0.5) is 11.6 Å². The van der Waals surface area contributed by atoms with E-state index in [0.717, 1.165) is 5.56 Å². The molecule has 0 aromatic carbocycles. The second-order valence-corrected chi connectivity index (χ2v) is 6.16. The first-order valence-electron chi connectivity index (χ1n) is 5.91. The molecular weight excluding hydrogens is 268 g/mol. The van der Waals surface area contributed by atoms with Gasteiger partial charge in [0.2, 0.25) is 10.0 Å². The summed E-state index contributed by atoms with van der Waals surface area (Å²) in [5.41, 5.74) is 3.39. The summed E-state index contributed by atoms with van der Waals surface area (Å²) < 4.78 is 21.6. The Morgan fingerprint density at radius 2 is 1.95 bits per heavy atom. The number of anilines is 2. The van der Waals surface area contributed by atoms with Gasteiger partial charge in [-0.25, -0.2) is 29.4 Å². The van der Waals surface area contributed by atoms with Gasteiger partial charge in [0.15, 0.2) is 0 Å². The lowest BCUT2D eigenvalue weighted by Gasteiger charge is -2.16. The first-order chi connectivity index (χ1) is 8.85. The fraction of sp³-hybridized carbons (Fsp3) is 0.600. The van der Waals surface area contributed by atoms with Crippen LogP contribution < -0.4 is 21.7 Å². The maximum absolute atomic E-state index is 10.8. The summed E-state index contributed by atoms with van der Waals surface area (Å²) in [7, 11) is -3.42. The average Bonchev–Trinajstić information content (AvgIpc) is 2.32. The Labute approximate surface area is 113 Å². The molecule has 0 saturated carbocycles. The Morgan fingerprint density at radius 3 is 2.47 bits per heavy atom. The van der Waals surface area contributed by atoms with Crippen LogP contribution in [0, 0.1) is 0 Å². The van der Waals surface area contributed by atoms with Gasteiger partial charge in [0.05, 0.1) is 5.75 Å². The van der Waals surface area contributed by atoms with Crippen molar-refractivity contribution in [2.24, 2.45) is 11.0 Å². The molecule has 0 amide bonds. The van der Waals surface area contributed by atoms with E-state index in [4.69, 9.17) is 11.0 Å². The number of sulfonamides is 1. The normalized spacial score (nSPS) is 11.6. The molecule has 0 bridgehead atoms. The smallest absolute Gasteiger partial charge is 0.209 e. The van der Waals surface area contributed by atoms with Crippen molar-refractivity contribution in [1.82, 2.24) is 9.97 Å². The summed E-state index contributed by atoms with van der Waals surface area (Å²) in [5.74, 6) is 6.71. The Bertz CT molecular complexity index is 517. The third-order valence-corrected chi connectivity index (χ3v) is 3.35. The van der Waals surface area contributed by atoms with Crippen molar-refractivity contribution >= 4 is 21.7 Å². The van der Waals surface area contributed by atoms with Gasteiger partial charge in [0.1, 0.15) is 18.0 Å². The van der Waals surface area contributed by atoms with Gasteiger partial charge in [-0.2, -0.15) is 0 Å². The van der Waals surface area contributed by atoms with E-state index in [1.54, 1.807) is 0 Å². The monoisotopic (exact) mass is 288 g/mol. The highest BCUT2D eigenvalue weighted by molar-refractivity contribution is 7.89. The molecule has 19 heavy (non-hydrogen) atoms. The van der Waals surface area contributed by atoms with E-state index in [0.29, 0.717) is 24.6 Å². The number of primary sulfonamides is 1. The third kappa shape index (κ3) is 4.97. The van der Waals surface area contributed by atoms with Crippen LogP contribution in [0.15, 0.2) is 6.33 Å². The summed E-state index contributed by atoms with van der Waals surface area (Å²) in [6.07, 6.45) is 1.80. The molecule has 0 unspecified atom stereocenters. The molecule has 1 heterocycles. The van der Waals surface area contributed by atoms with E-state index in [-0.39, 0.29) is 11.7 Å². The summed E-state index contributed by atoms with van der Waals surface area (Å²) in [4.78, 5) is 8.19. The third-order valence-electron chi connectivity index (χ3n) is 2.50. The first-order valence-corrected chi connectivity index (χ1v) is 7.62. The fourth-order valence-electron chi connectivity index (χ4n) is 1.68. The Hall–Kier alpha value is -1.45. The summed E-state index contributed by atoms with van der Waals surface area (Å²) in [5, 5.41) is 8.01. The van der Waals surface area contributed by atoms with Gasteiger partial charge in [-0.1, -0.05) is 13.8 Å². The molecule has 0 aliphatic carbocycles. The number of hydrogen-bond acceptors (Lipinski definition) is 7. The van der Waals surface area contributed by atoms with Gasteiger partial charge in [-0.15, -0.1) is 0 Å². The van der Waals surface area contributed by atoms with Crippen LogP contribution in [0.5, 0.6) is 0 Å². The zero-order chi connectivity index (χ0) is 14.5. The Kier molecular flexibility index (Phi) is 5.45. The molecule has 1 aromatic heterocycles. The molecule has 1 aromatic rings. The zero-order valence-corrected chi connectivity index (χ0v) is 11.9. The Balaban J connectivity index is 2.73. The summed E-state index contributed by atoms with van der Waals surface area (Å²) in [6.45, 7) is 4.45. The highest BCUT2D eigenvalue weighted by atomic mass is 32.2. The topological polar surface area (TPSA) is 136 Å². The van der Waals surface area contributed by atoms with Crippen molar-refractivity contribution in [3.8, 4) is 0 Å². The minimum atomic E-state index is -3.42. The predicted octanol–water partition coefficient (Wildman–Crippen LogP) is -0.0239. The molecular formula is C10H20N6O2S. The van der Waals surface area contributed by atoms with Crippen molar-refractivity contribution in [3.05, 3.63) is 11.9 Å². The van der Waals surface area contributed by atoms with Crippen LogP contribution in [0.3, 0.4) is 0 Å². The van der Waals surface area contributed by atoms with Crippen LogP contribution in [0.25, 0.3) is 0 Å². The van der Waals surface area contributed by atoms with Gasteiger partial charge in [0.25, 0.3) is 0 Å². The van der Waals surface area contributed by atoms with E-state index in [2.05, 4.69) is 20.7 Å². The van der Waals surface area contributed by atoms with E-state index in [9.17, 15) is 8.42 Å². The molecule has 0 saturated heterocycles. The molecule has 108 valence electrons. The molecule has 8 nitrogen and oxygen atoms in total. The van der Waals surface area contributed by atoms with Crippen molar-refractivity contribution in [2.45, 2.75) is 26.2 Å². The molecule has 9 heteroatoms. The summed E-state index contributed by atoms with van der Waals surface area (Å²) in [6, 6.07) is 0. The van der Waals surface area contributed by atoms with Crippen molar-refractivity contribution in [3.63, 3.8) is 0 Å². The number of hydrogen-bond donors (Lipinski definition) is 4. The van der Waals surface area contributed by atoms with Gasteiger partial charge >= 0.3 is 0 Å². The molecule has 1 rings (SSSR count). The highest BCUT2D eigenvalue weighted by Crippen LogP contribution is 2.27. The maximum Gasteiger partial charge on any atom is 0.209 e. The van der Waals surface area contributed by atoms with Gasteiger partial charge in [0, 0.05) is 12.1 Å². The lowest BCUT2D eigenvalue weighted by molar-refractivity contribution is 0.595. The van der Waals surface area contributed by atoms with E-state index in [1.165, 1.54) is 6.33 Å². The number of rotatable bonds is 7. The molecule has 0 atom stereocenters. The van der Waals surface area contributed by atoms with E-state index < -0.39 is 10.0 Å². The minimum Gasteiger partial charge on any atom is -0.370 e. The largest absolute Gasteiger partial charge is 0.370 e. The standard InChI is InChI=1S/C10H20N6O2S/c1-7(2)8-9(14-6-15-10(8)16-11)13-4-3-5-19(12,17)18/h6-7H,3-5,11H2,1-2H3,(H2,12,17,18)(H2,13,14,15,16). The lowest BCUT2D eigenvalue weighted by atomic mass is 10.0. The molecule has 0 fully saturated rings. The SMILES string of the molecule is CC(C)c1c(NN)ncnc1NCCCS(N)(=O)=O. The van der Waals surface area contributed by atoms with Crippen LogP contribution in [0.2, 0.25) is 0 Å². The van der Waals surface area contributed by atoms with Crippen LogP contribution >= 0.6 is 0 Å². The van der Waals surface area contributed by atoms with Gasteiger partial charge in [-0.05, 0) is 12.3 Å². The zero-order valence-electron chi connectivity index (χ0n) is 11.0. The Morgan fingerprint density at radius 1 is 1.32 bits per heavy atom. The second kappa shape index (κ2) is 6.64. The molecule has 6 N–H and O–H groups in total. The van der Waals surface area contributed by atoms with Crippen LogP contribution in [-0.2, 0) is 10.0 Å². The van der Waals surface area contributed by atoms with Crippen molar-refractivity contribution in [1.29, 1.82) is 0 Å². The van der Waals surface area contributed by atoms with Crippen LogP contribution in [0.1, 0.15) is 31.7 Å². The molecule has 0 spiro atoms. The number of aromatic nitrogens is 2. The van der Waals surface area contributed by atoms with Crippen molar-refractivity contribution in [2.75, 3.05) is 23.0 Å². The highest BCUT2D eigenvalue weighted by Gasteiger charge is 2.14. The second-order valence-electron chi connectivity index (χ2n) is 4.43. The van der Waals surface area contributed by atoms with Gasteiger partial charge < -0.3 is 10.7 Å². The van der Waals surface area contributed by atoms with E-state index >= 15 is 0 Å². The minimum absolute atomic E-state index is 0.0654. The number of nitrogens with two attached hydrogens (primary N) is 2. The molecule has 0 radical (unpaired) electrons. The molecule has 0 aliphatic rings. The van der Waals surface area contributed by atoms with Crippen LogP contribution in [-0.4, -0.2) is 30.7 Å². The quantitative estimate of drug-likeness (QED) is 0.314. The average molecular weight is 288 g/mol. The number of hydrazine groups is 1. The predicted molar refractivity (Wildman–Crippen MR) is 75.0 cm³/mol. The first kappa shape index (κ1) is 15.6. The summed E-state index contributed by atoms with van der Waals surface area (Å²) >= 11 is 0. The number of nitrogens with zero attached hydrogens (tertiary/aromatic N) is 2. The maximum atomic E-state index is 10.8. The fourth-order valence-corrected chi connectivity index (χ4v) is 2.23.